The van der Waals surface area contributed by atoms with E-state index in [0.29, 0.717) is 6.07 Å². The minimum absolute atomic E-state index is 0.0115. The largest absolute Gasteiger partial charge is 0.418 e. The Morgan fingerprint density at radius 2 is 1.52 bits per heavy atom. The molecule has 3 aromatic rings. The molecule has 0 aliphatic carbocycles. The predicted molar refractivity (Wildman–Crippen MR) is 77.8 cm³/mol. The average Bonchev–Trinajstić information content (AvgIpc) is 2.52. The van der Waals surface area contributed by atoms with Crippen LogP contribution in [-0.4, -0.2) is 9.97 Å². The molecule has 1 N–H and O–H groups in total. The van der Waals surface area contributed by atoms with Crippen molar-refractivity contribution in [3.63, 3.8) is 0 Å². The van der Waals surface area contributed by atoms with Gasteiger partial charge in [-0.15, -0.1) is 0 Å². The second-order valence-electron chi connectivity index (χ2n) is 5.20. The number of alkyl halides is 6. The second kappa shape index (κ2) is 5.61. The van der Waals surface area contributed by atoms with Gasteiger partial charge >= 0.3 is 12.4 Å². The van der Waals surface area contributed by atoms with E-state index >= 15 is 0 Å². The van der Waals surface area contributed by atoms with Gasteiger partial charge in [0.05, 0.1) is 22.2 Å². The van der Waals surface area contributed by atoms with E-state index in [9.17, 15) is 31.1 Å². The lowest BCUT2D eigenvalue weighted by Gasteiger charge is -2.14. The van der Waals surface area contributed by atoms with E-state index in [4.69, 9.17) is 0 Å². The van der Waals surface area contributed by atoms with Gasteiger partial charge in [-0.25, -0.2) is 4.98 Å². The number of fused-ring (bicyclic) bond motifs is 1. The Morgan fingerprint density at radius 3 is 2.08 bits per heavy atom. The van der Waals surface area contributed by atoms with Crippen molar-refractivity contribution in [1.29, 1.82) is 0 Å². The number of hydrogen-bond acceptors (Lipinski definition) is 2. The van der Waals surface area contributed by atoms with E-state index < -0.39 is 40.1 Å². The highest BCUT2D eigenvalue weighted by molar-refractivity contribution is 5.82. The SMILES string of the molecule is O=c1[nH]c2cc(C(F)(F)F)cc(C(F)(F)F)c2nc1-c1ccccc1. The van der Waals surface area contributed by atoms with E-state index in [-0.39, 0.29) is 17.3 Å². The zero-order valence-corrected chi connectivity index (χ0v) is 12.2. The van der Waals surface area contributed by atoms with Crippen LogP contribution in [0.25, 0.3) is 22.3 Å². The summed E-state index contributed by atoms with van der Waals surface area (Å²) in [5.41, 5.74) is -5.41. The van der Waals surface area contributed by atoms with E-state index in [1.54, 1.807) is 18.2 Å². The Balaban J connectivity index is 2.38. The fourth-order valence-electron chi connectivity index (χ4n) is 2.37. The van der Waals surface area contributed by atoms with E-state index in [2.05, 4.69) is 9.97 Å². The van der Waals surface area contributed by atoms with Crippen LogP contribution in [0.5, 0.6) is 0 Å². The van der Waals surface area contributed by atoms with Crippen LogP contribution < -0.4 is 5.56 Å². The van der Waals surface area contributed by atoms with Crippen LogP contribution >= 0.6 is 0 Å². The predicted octanol–water partition coefficient (Wildman–Crippen LogP) is 4.63. The van der Waals surface area contributed by atoms with Crippen LogP contribution in [0, 0.1) is 0 Å². The third-order valence-corrected chi connectivity index (χ3v) is 3.48. The van der Waals surface area contributed by atoms with Crippen molar-refractivity contribution < 1.29 is 26.3 Å². The van der Waals surface area contributed by atoms with Gasteiger partial charge < -0.3 is 4.98 Å². The molecule has 0 aliphatic heterocycles. The Morgan fingerprint density at radius 1 is 0.880 bits per heavy atom. The summed E-state index contributed by atoms with van der Waals surface area (Å²) >= 11 is 0. The van der Waals surface area contributed by atoms with Gasteiger partial charge in [-0.3, -0.25) is 4.79 Å². The lowest BCUT2D eigenvalue weighted by Crippen LogP contribution is -2.17. The van der Waals surface area contributed by atoms with Gasteiger partial charge in [0.25, 0.3) is 5.56 Å². The molecule has 1 aromatic heterocycles. The summed E-state index contributed by atoms with van der Waals surface area (Å²) in [7, 11) is 0. The maximum Gasteiger partial charge on any atom is 0.418 e. The molecule has 0 saturated heterocycles. The molecule has 0 aliphatic rings. The minimum atomic E-state index is -5.07. The maximum atomic E-state index is 13.2. The summed E-state index contributed by atoms with van der Waals surface area (Å²) in [5.74, 6) is 0. The summed E-state index contributed by atoms with van der Waals surface area (Å²) in [6.07, 6.45) is -10.1. The minimum Gasteiger partial charge on any atom is -0.319 e. The van der Waals surface area contributed by atoms with Crippen molar-refractivity contribution in [1.82, 2.24) is 9.97 Å². The van der Waals surface area contributed by atoms with Crippen LogP contribution in [0.2, 0.25) is 0 Å². The molecule has 0 atom stereocenters. The summed E-state index contributed by atoms with van der Waals surface area (Å²) in [6, 6.07) is 8.09. The monoisotopic (exact) mass is 358 g/mol. The first-order valence-corrected chi connectivity index (χ1v) is 6.85. The van der Waals surface area contributed by atoms with Gasteiger partial charge in [-0.2, -0.15) is 26.3 Å². The number of hydrogen-bond donors (Lipinski definition) is 1. The first-order valence-electron chi connectivity index (χ1n) is 6.85. The normalized spacial score (nSPS) is 12.6. The average molecular weight is 358 g/mol. The number of nitrogens with zero attached hydrogens (tertiary/aromatic N) is 1. The number of nitrogens with one attached hydrogen (secondary N) is 1. The van der Waals surface area contributed by atoms with Crippen LogP contribution in [0.15, 0.2) is 47.3 Å². The summed E-state index contributed by atoms with van der Waals surface area (Å²) in [6.45, 7) is 0. The van der Waals surface area contributed by atoms with Gasteiger partial charge in [0.2, 0.25) is 0 Å². The van der Waals surface area contributed by atoms with Gasteiger partial charge in [0.15, 0.2) is 0 Å². The Hall–Kier alpha value is -2.84. The topological polar surface area (TPSA) is 45.8 Å². The van der Waals surface area contributed by atoms with E-state index in [1.165, 1.54) is 12.1 Å². The first-order chi connectivity index (χ1) is 11.6. The number of H-pyrrole nitrogens is 1. The molecule has 0 fully saturated rings. The third kappa shape index (κ3) is 3.21. The zero-order valence-electron chi connectivity index (χ0n) is 12.2. The Labute approximate surface area is 135 Å². The molecule has 130 valence electrons. The van der Waals surface area contributed by atoms with Crippen molar-refractivity contribution in [2.24, 2.45) is 0 Å². The van der Waals surface area contributed by atoms with Crippen LogP contribution in [0.4, 0.5) is 26.3 Å². The highest BCUT2D eigenvalue weighted by atomic mass is 19.4. The first kappa shape index (κ1) is 17.0. The van der Waals surface area contributed by atoms with Crippen molar-refractivity contribution in [2.75, 3.05) is 0 Å². The molecule has 0 radical (unpaired) electrons. The number of rotatable bonds is 1. The van der Waals surface area contributed by atoms with E-state index in [1.807, 2.05) is 0 Å². The molecular formula is C16H8F6N2O. The van der Waals surface area contributed by atoms with Crippen LogP contribution in [-0.2, 0) is 12.4 Å². The molecule has 3 nitrogen and oxygen atoms in total. The zero-order chi connectivity index (χ0) is 18.4. The van der Waals surface area contributed by atoms with Gasteiger partial charge in [-0.05, 0) is 12.1 Å². The van der Waals surface area contributed by atoms with Crippen molar-refractivity contribution in [3.05, 3.63) is 63.9 Å². The van der Waals surface area contributed by atoms with Crippen molar-refractivity contribution in [2.45, 2.75) is 12.4 Å². The van der Waals surface area contributed by atoms with Crippen LogP contribution in [0.1, 0.15) is 11.1 Å². The molecule has 3 rings (SSSR count). The third-order valence-electron chi connectivity index (χ3n) is 3.48. The van der Waals surface area contributed by atoms with Gasteiger partial charge in [0, 0.05) is 5.56 Å². The fraction of sp³-hybridized carbons (Fsp3) is 0.125. The lowest BCUT2D eigenvalue weighted by atomic mass is 10.1. The number of aromatic nitrogens is 2. The highest BCUT2D eigenvalue weighted by Crippen LogP contribution is 2.39. The molecule has 1 heterocycles. The maximum absolute atomic E-state index is 13.2. The van der Waals surface area contributed by atoms with Crippen LogP contribution in [0.3, 0.4) is 0 Å². The number of aromatic amines is 1. The molecule has 0 bridgehead atoms. The quantitative estimate of drug-likeness (QED) is 0.645. The number of halogens is 6. The van der Waals surface area contributed by atoms with Crippen molar-refractivity contribution >= 4 is 11.0 Å². The molecule has 0 spiro atoms. The molecule has 0 unspecified atom stereocenters. The van der Waals surface area contributed by atoms with Gasteiger partial charge in [-0.1, -0.05) is 30.3 Å². The smallest absolute Gasteiger partial charge is 0.319 e. The molecule has 2 aromatic carbocycles. The van der Waals surface area contributed by atoms with Crippen molar-refractivity contribution in [3.8, 4) is 11.3 Å². The number of benzene rings is 2. The highest BCUT2D eigenvalue weighted by Gasteiger charge is 2.39. The molecule has 0 amide bonds. The van der Waals surface area contributed by atoms with E-state index in [0.717, 1.165) is 0 Å². The summed E-state index contributed by atoms with van der Waals surface area (Å²) in [4.78, 5) is 17.8. The standard InChI is InChI=1S/C16H8F6N2O/c17-15(18,19)9-6-10(16(20,21)22)13-11(7-9)23-14(25)12(24-13)8-4-2-1-3-5-8/h1-7H,(H,23,25). The second-order valence-corrected chi connectivity index (χ2v) is 5.20. The Bertz CT molecular complexity index is 990. The summed E-state index contributed by atoms with van der Waals surface area (Å²) < 4.78 is 78.2. The molecule has 0 saturated carbocycles. The molecule has 9 heteroatoms. The molecular weight excluding hydrogens is 350 g/mol. The molecule has 25 heavy (non-hydrogen) atoms. The Kier molecular flexibility index (Phi) is 3.81. The lowest BCUT2D eigenvalue weighted by molar-refractivity contribution is -0.142. The fourth-order valence-corrected chi connectivity index (χ4v) is 2.37. The summed E-state index contributed by atoms with van der Waals surface area (Å²) in [5, 5.41) is 0. The van der Waals surface area contributed by atoms with Gasteiger partial charge in [0.1, 0.15) is 5.69 Å².